The number of ether oxygens (including phenoxy) is 1. The first-order valence-electron chi connectivity index (χ1n) is 8.90. The first-order valence-corrected chi connectivity index (χ1v) is 10.4. The summed E-state index contributed by atoms with van der Waals surface area (Å²) < 4.78 is 5.75. The molecule has 27 heavy (non-hydrogen) atoms. The fourth-order valence-corrected chi connectivity index (χ4v) is 4.21. The topological polar surface area (TPSA) is 44.8 Å². The molecule has 0 saturated carbocycles. The Hall–Kier alpha value is -0.370. The lowest BCUT2D eigenvalue weighted by Gasteiger charge is -2.35. The minimum atomic E-state index is 0. The van der Waals surface area contributed by atoms with E-state index in [9.17, 15) is 4.79 Å². The molecule has 1 amide bonds. The average molecular weight is 457 g/mol. The second-order valence-corrected chi connectivity index (χ2v) is 8.04. The molecular formula is C18H28Cl3N3O2S. The van der Waals surface area contributed by atoms with Crippen LogP contribution < -0.4 is 10.1 Å². The Bertz CT molecular complexity index is 551. The molecule has 1 atom stereocenters. The molecule has 2 fully saturated rings. The number of piperazine rings is 1. The number of benzene rings is 1. The second-order valence-electron chi connectivity index (χ2n) is 6.45. The molecule has 2 heterocycles. The van der Waals surface area contributed by atoms with Crippen molar-refractivity contribution in [3.63, 3.8) is 0 Å². The maximum atomic E-state index is 12.4. The molecule has 9 heteroatoms. The number of hydrogen-bond donors (Lipinski definition) is 1. The third kappa shape index (κ3) is 8.26. The van der Waals surface area contributed by atoms with Gasteiger partial charge in [-0.05, 0) is 24.3 Å². The number of carbonyl (C=O) groups excluding carboxylic acids is 1. The summed E-state index contributed by atoms with van der Waals surface area (Å²) in [5, 5.41) is 4.16. The lowest BCUT2D eigenvalue weighted by molar-refractivity contribution is -0.133. The average Bonchev–Trinajstić information content (AvgIpc) is 2.65. The monoisotopic (exact) mass is 455 g/mol. The number of nitrogens with one attached hydrogen (secondary N) is 1. The standard InChI is InChI=1S/C18H26ClN3O2S.2ClH/c19-15-1-3-17(4-2-15)24-11-10-21-6-8-22(9-7-21)18(23)13-16-14-25-12-5-20-16;;/h1-4,16,20H,5-14H2;2*1H. The van der Waals surface area contributed by atoms with Gasteiger partial charge in [-0.25, -0.2) is 0 Å². The lowest BCUT2D eigenvalue weighted by Crippen LogP contribution is -2.51. The normalized spacial score (nSPS) is 20.3. The second kappa shape index (κ2) is 13.0. The van der Waals surface area contributed by atoms with Crippen LogP contribution >= 0.6 is 48.2 Å². The third-order valence-corrected chi connectivity index (χ3v) is 6.02. The van der Waals surface area contributed by atoms with Crippen molar-refractivity contribution in [1.29, 1.82) is 0 Å². The van der Waals surface area contributed by atoms with Crippen LogP contribution in [0.4, 0.5) is 0 Å². The van der Waals surface area contributed by atoms with Crippen molar-refractivity contribution >= 4 is 54.1 Å². The van der Waals surface area contributed by atoms with Gasteiger partial charge in [0.2, 0.25) is 5.91 Å². The maximum absolute atomic E-state index is 12.4. The largest absolute Gasteiger partial charge is 0.492 e. The van der Waals surface area contributed by atoms with E-state index in [-0.39, 0.29) is 30.7 Å². The van der Waals surface area contributed by atoms with Gasteiger partial charge >= 0.3 is 0 Å². The van der Waals surface area contributed by atoms with Crippen LogP contribution in [0.5, 0.6) is 5.75 Å². The third-order valence-electron chi connectivity index (χ3n) is 4.63. The highest BCUT2D eigenvalue weighted by atomic mass is 35.5. The number of amides is 1. The van der Waals surface area contributed by atoms with Crippen LogP contribution in [0.15, 0.2) is 24.3 Å². The van der Waals surface area contributed by atoms with E-state index in [0.717, 1.165) is 61.5 Å². The number of hydrogen-bond acceptors (Lipinski definition) is 5. The van der Waals surface area contributed by atoms with E-state index < -0.39 is 0 Å². The molecule has 0 radical (unpaired) electrons. The van der Waals surface area contributed by atoms with Crippen molar-refractivity contribution in [2.75, 3.05) is 57.4 Å². The van der Waals surface area contributed by atoms with Crippen molar-refractivity contribution < 1.29 is 9.53 Å². The Morgan fingerprint density at radius 1 is 1.19 bits per heavy atom. The lowest BCUT2D eigenvalue weighted by atomic mass is 10.2. The predicted octanol–water partition coefficient (Wildman–Crippen LogP) is 2.80. The smallest absolute Gasteiger partial charge is 0.224 e. The zero-order valence-electron chi connectivity index (χ0n) is 15.3. The van der Waals surface area contributed by atoms with Crippen molar-refractivity contribution in [2.45, 2.75) is 12.5 Å². The first kappa shape index (κ1) is 24.7. The molecular weight excluding hydrogens is 429 g/mol. The molecule has 1 unspecified atom stereocenters. The molecule has 0 bridgehead atoms. The van der Waals surface area contributed by atoms with Crippen molar-refractivity contribution in [3.8, 4) is 5.75 Å². The van der Waals surface area contributed by atoms with Crippen LogP contribution in [0.25, 0.3) is 0 Å². The number of rotatable bonds is 6. The molecule has 1 aromatic carbocycles. The highest BCUT2D eigenvalue weighted by Gasteiger charge is 2.24. The predicted molar refractivity (Wildman–Crippen MR) is 118 cm³/mol. The maximum Gasteiger partial charge on any atom is 0.224 e. The summed E-state index contributed by atoms with van der Waals surface area (Å²) >= 11 is 7.80. The van der Waals surface area contributed by atoms with E-state index in [1.807, 2.05) is 40.9 Å². The van der Waals surface area contributed by atoms with E-state index >= 15 is 0 Å². The Morgan fingerprint density at radius 2 is 1.89 bits per heavy atom. The van der Waals surface area contributed by atoms with Gasteiger partial charge in [-0.15, -0.1) is 24.8 Å². The molecule has 154 valence electrons. The molecule has 2 aliphatic heterocycles. The highest BCUT2D eigenvalue weighted by molar-refractivity contribution is 7.99. The van der Waals surface area contributed by atoms with Gasteiger partial charge in [-0.3, -0.25) is 9.69 Å². The summed E-state index contributed by atoms with van der Waals surface area (Å²) in [6, 6.07) is 7.78. The Morgan fingerprint density at radius 3 is 2.52 bits per heavy atom. The van der Waals surface area contributed by atoms with Crippen LogP contribution in [0.3, 0.4) is 0 Å². The Balaban J connectivity index is 0.00000182. The van der Waals surface area contributed by atoms with Gasteiger partial charge in [-0.2, -0.15) is 11.8 Å². The summed E-state index contributed by atoms with van der Waals surface area (Å²) in [5.41, 5.74) is 0. The van der Waals surface area contributed by atoms with Crippen molar-refractivity contribution in [1.82, 2.24) is 15.1 Å². The van der Waals surface area contributed by atoms with Gasteiger partial charge in [0.15, 0.2) is 0 Å². The summed E-state index contributed by atoms with van der Waals surface area (Å²) in [6.07, 6.45) is 0.632. The Labute approximate surface area is 183 Å². The van der Waals surface area contributed by atoms with Gasteiger partial charge in [0.1, 0.15) is 12.4 Å². The minimum absolute atomic E-state index is 0. The van der Waals surface area contributed by atoms with Crippen LogP contribution in [0, 0.1) is 0 Å². The molecule has 2 saturated heterocycles. The minimum Gasteiger partial charge on any atom is -0.492 e. The van der Waals surface area contributed by atoms with E-state index in [2.05, 4.69) is 10.2 Å². The fraction of sp³-hybridized carbons (Fsp3) is 0.611. The zero-order valence-corrected chi connectivity index (χ0v) is 18.5. The molecule has 1 aromatic rings. The van der Waals surface area contributed by atoms with Gasteiger partial charge in [0.25, 0.3) is 0 Å². The number of thioether (sulfide) groups is 1. The van der Waals surface area contributed by atoms with Crippen LogP contribution in [-0.2, 0) is 4.79 Å². The molecule has 0 aromatic heterocycles. The number of halogens is 3. The van der Waals surface area contributed by atoms with Crippen LogP contribution in [0.2, 0.25) is 5.02 Å². The summed E-state index contributed by atoms with van der Waals surface area (Å²) in [6.45, 7) is 6.03. The molecule has 3 rings (SSSR count). The van der Waals surface area contributed by atoms with Gasteiger partial charge in [0.05, 0.1) is 0 Å². The summed E-state index contributed by atoms with van der Waals surface area (Å²) in [7, 11) is 0. The van der Waals surface area contributed by atoms with Gasteiger partial charge in [0, 0.05) is 68.3 Å². The quantitative estimate of drug-likeness (QED) is 0.713. The number of nitrogens with zero attached hydrogens (tertiary/aromatic N) is 2. The van der Waals surface area contributed by atoms with Gasteiger partial charge < -0.3 is 15.0 Å². The summed E-state index contributed by atoms with van der Waals surface area (Å²) in [4.78, 5) is 16.8. The SMILES string of the molecule is Cl.Cl.O=C(CC1CSCCN1)N1CCN(CCOc2ccc(Cl)cc2)CC1. The molecule has 0 aliphatic carbocycles. The number of carbonyl (C=O) groups is 1. The van der Waals surface area contributed by atoms with E-state index in [1.165, 1.54) is 0 Å². The van der Waals surface area contributed by atoms with Crippen LogP contribution in [-0.4, -0.2) is 79.1 Å². The van der Waals surface area contributed by atoms with E-state index in [0.29, 0.717) is 19.1 Å². The molecule has 2 aliphatic rings. The molecule has 0 spiro atoms. The Kier molecular flexibility index (Phi) is 11.8. The summed E-state index contributed by atoms with van der Waals surface area (Å²) in [5.74, 6) is 3.34. The molecule has 5 nitrogen and oxygen atoms in total. The van der Waals surface area contributed by atoms with Crippen LogP contribution in [0.1, 0.15) is 6.42 Å². The molecule has 1 N–H and O–H groups in total. The first-order chi connectivity index (χ1) is 12.2. The van der Waals surface area contributed by atoms with Gasteiger partial charge in [-0.1, -0.05) is 11.6 Å². The highest BCUT2D eigenvalue weighted by Crippen LogP contribution is 2.16. The van der Waals surface area contributed by atoms with E-state index in [1.54, 1.807) is 0 Å². The fourth-order valence-electron chi connectivity index (χ4n) is 3.14. The van der Waals surface area contributed by atoms with E-state index in [4.69, 9.17) is 16.3 Å². The zero-order chi connectivity index (χ0) is 17.5. The van der Waals surface area contributed by atoms with Crippen molar-refractivity contribution in [2.24, 2.45) is 0 Å². The van der Waals surface area contributed by atoms with Crippen molar-refractivity contribution in [3.05, 3.63) is 29.3 Å².